The number of anilines is 1. The van der Waals surface area contributed by atoms with Crippen LogP contribution < -0.4 is 5.32 Å². The molecule has 0 spiro atoms. The topological polar surface area (TPSA) is 70.7 Å². The van der Waals surface area contributed by atoms with Crippen molar-refractivity contribution in [3.05, 3.63) is 6.33 Å². The van der Waals surface area contributed by atoms with E-state index in [1.165, 1.54) is 32.0 Å². The Hall–Kier alpha value is -1.39. The van der Waals surface area contributed by atoms with Crippen LogP contribution in [0.2, 0.25) is 0 Å². The number of aromatic amines is 1. The Balaban J connectivity index is 1.53. The molecule has 1 aromatic rings. The van der Waals surface area contributed by atoms with E-state index in [4.69, 9.17) is 0 Å². The molecule has 3 rings (SSSR count). The first-order chi connectivity index (χ1) is 7.81. The highest BCUT2D eigenvalue weighted by Gasteiger charge is 2.40. The van der Waals surface area contributed by atoms with Gasteiger partial charge in [-0.2, -0.15) is 10.1 Å². The van der Waals surface area contributed by atoms with Gasteiger partial charge in [-0.15, -0.1) is 0 Å². The van der Waals surface area contributed by atoms with Gasteiger partial charge in [0.25, 0.3) is 0 Å². The number of rotatable bonds is 3. The maximum absolute atomic E-state index is 11.7. The summed E-state index contributed by atoms with van der Waals surface area (Å²) < 4.78 is 0. The monoisotopic (exact) mass is 220 g/mol. The Morgan fingerprint density at radius 1 is 1.50 bits per heavy atom. The van der Waals surface area contributed by atoms with Gasteiger partial charge in [0.15, 0.2) is 0 Å². The molecule has 2 N–H and O–H groups in total. The van der Waals surface area contributed by atoms with Crippen LogP contribution in [0.3, 0.4) is 0 Å². The van der Waals surface area contributed by atoms with Crippen molar-refractivity contribution in [2.45, 2.75) is 32.1 Å². The quantitative estimate of drug-likeness (QED) is 0.812. The van der Waals surface area contributed by atoms with Gasteiger partial charge in [0.2, 0.25) is 11.9 Å². The zero-order valence-corrected chi connectivity index (χ0v) is 9.15. The summed E-state index contributed by atoms with van der Waals surface area (Å²) in [6.45, 7) is 0. The molecule has 16 heavy (non-hydrogen) atoms. The molecule has 0 aromatic carbocycles. The second kappa shape index (κ2) is 3.88. The van der Waals surface area contributed by atoms with Gasteiger partial charge in [-0.05, 0) is 37.0 Å². The van der Waals surface area contributed by atoms with Crippen LogP contribution in [0.25, 0.3) is 0 Å². The van der Waals surface area contributed by atoms with Crippen molar-refractivity contribution in [3.63, 3.8) is 0 Å². The normalized spacial score (nSPS) is 31.9. The molecule has 2 aliphatic rings. The van der Waals surface area contributed by atoms with Crippen molar-refractivity contribution >= 4 is 11.9 Å². The van der Waals surface area contributed by atoms with Crippen molar-refractivity contribution in [1.29, 1.82) is 0 Å². The van der Waals surface area contributed by atoms with Crippen LogP contribution in [0.4, 0.5) is 5.95 Å². The lowest BCUT2D eigenvalue weighted by Crippen LogP contribution is -2.20. The van der Waals surface area contributed by atoms with Crippen molar-refractivity contribution in [1.82, 2.24) is 15.2 Å². The smallest absolute Gasteiger partial charge is 0.227 e. The van der Waals surface area contributed by atoms with E-state index >= 15 is 0 Å². The number of aromatic nitrogens is 3. The molecular formula is C11H16N4O. The largest absolute Gasteiger partial charge is 0.295 e. The van der Waals surface area contributed by atoms with Crippen molar-refractivity contribution in [2.24, 2.45) is 17.8 Å². The summed E-state index contributed by atoms with van der Waals surface area (Å²) in [5.74, 6) is 2.81. The third kappa shape index (κ3) is 1.81. The minimum Gasteiger partial charge on any atom is -0.295 e. The average Bonchev–Trinajstić information content (AvgIpc) is 2.92. The Morgan fingerprint density at radius 3 is 3.06 bits per heavy atom. The van der Waals surface area contributed by atoms with E-state index < -0.39 is 0 Å². The predicted octanol–water partition coefficient (Wildman–Crippen LogP) is 1.57. The number of nitrogens with one attached hydrogen (secondary N) is 2. The van der Waals surface area contributed by atoms with Gasteiger partial charge in [-0.25, -0.2) is 5.10 Å². The molecule has 1 heterocycles. The summed E-state index contributed by atoms with van der Waals surface area (Å²) in [5, 5.41) is 9.07. The minimum absolute atomic E-state index is 0.0642. The van der Waals surface area contributed by atoms with Gasteiger partial charge in [0, 0.05) is 6.42 Å². The molecule has 0 aliphatic heterocycles. The summed E-state index contributed by atoms with van der Waals surface area (Å²) in [7, 11) is 0. The van der Waals surface area contributed by atoms with E-state index in [1.807, 2.05) is 0 Å². The highest BCUT2D eigenvalue weighted by atomic mass is 16.1. The Labute approximate surface area is 94.0 Å². The lowest BCUT2D eigenvalue weighted by molar-refractivity contribution is -0.117. The van der Waals surface area contributed by atoms with Gasteiger partial charge in [0.1, 0.15) is 6.33 Å². The van der Waals surface area contributed by atoms with E-state index in [2.05, 4.69) is 20.5 Å². The van der Waals surface area contributed by atoms with Crippen molar-refractivity contribution < 1.29 is 4.79 Å². The Morgan fingerprint density at radius 2 is 2.44 bits per heavy atom. The second-order valence-corrected chi connectivity index (χ2v) is 5.02. The zero-order chi connectivity index (χ0) is 11.0. The number of fused-ring (bicyclic) bond motifs is 2. The number of amides is 1. The lowest BCUT2D eigenvalue weighted by atomic mass is 9.86. The molecule has 0 unspecified atom stereocenters. The van der Waals surface area contributed by atoms with Gasteiger partial charge in [0.05, 0.1) is 0 Å². The standard InChI is InChI=1S/C11H16N4O/c16-10(14-11-12-6-13-15-11)5-9-4-7-1-2-8(9)3-7/h6-9H,1-5H2,(H2,12,13,14,15,16)/t7-,8-,9+/m0/s1. The number of carbonyl (C=O) groups excluding carboxylic acids is 1. The first-order valence-electron chi connectivity index (χ1n) is 5.96. The SMILES string of the molecule is O=C(C[C@H]1C[C@H]2CC[C@H]1C2)Nc1ncn[nH]1. The fourth-order valence-corrected chi connectivity index (χ4v) is 3.31. The van der Waals surface area contributed by atoms with E-state index in [1.54, 1.807) is 0 Å². The summed E-state index contributed by atoms with van der Waals surface area (Å²) >= 11 is 0. The van der Waals surface area contributed by atoms with Crippen LogP contribution >= 0.6 is 0 Å². The third-order valence-corrected chi connectivity index (χ3v) is 4.00. The molecule has 0 radical (unpaired) electrons. The van der Waals surface area contributed by atoms with E-state index in [9.17, 15) is 4.79 Å². The van der Waals surface area contributed by atoms with Crippen LogP contribution in [-0.4, -0.2) is 21.1 Å². The highest BCUT2D eigenvalue weighted by Crippen LogP contribution is 2.49. The molecule has 2 fully saturated rings. The van der Waals surface area contributed by atoms with Crippen LogP contribution in [0.1, 0.15) is 32.1 Å². The molecule has 5 heteroatoms. The Kier molecular flexibility index (Phi) is 2.38. The second-order valence-electron chi connectivity index (χ2n) is 5.02. The number of H-pyrrole nitrogens is 1. The number of hydrogen-bond acceptors (Lipinski definition) is 3. The van der Waals surface area contributed by atoms with E-state index in [-0.39, 0.29) is 5.91 Å². The van der Waals surface area contributed by atoms with Crippen LogP contribution in [0, 0.1) is 17.8 Å². The summed E-state index contributed by atoms with van der Waals surface area (Å²) in [5.41, 5.74) is 0. The first-order valence-corrected chi connectivity index (χ1v) is 5.96. The lowest BCUT2D eigenvalue weighted by Gasteiger charge is -2.20. The fraction of sp³-hybridized carbons (Fsp3) is 0.727. The molecule has 2 bridgehead atoms. The van der Waals surface area contributed by atoms with E-state index in [0.29, 0.717) is 18.3 Å². The predicted molar refractivity (Wildman–Crippen MR) is 58.6 cm³/mol. The first kappa shape index (κ1) is 9.81. The maximum Gasteiger partial charge on any atom is 0.227 e. The molecule has 2 aliphatic carbocycles. The van der Waals surface area contributed by atoms with Crippen LogP contribution in [0.5, 0.6) is 0 Å². The number of carbonyl (C=O) groups is 1. The summed E-state index contributed by atoms with van der Waals surface area (Å²) in [4.78, 5) is 15.6. The molecule has 86 valence electrons. The van der Waals surface area contributed by atoms with Crippen LogP contribution in [0.15, 0.2) is 6.33 Å². The molecule has 2 saturated carbocycles. The van der Waals surface area contributed by atoms with Gasteiger partial charge >= 0.3 is 0 Å². The molecule has 5 nitrogen and oxygen atoms in total. The Bertz CT molecular complexity index is 375. The van der Waals surface area contributed by atoms with E-state index in [0.717, 1.165) is 11.8 Å². The number of hydrogen-bond donors (Lipinski definition) is 2. The van der Waals surface area contributed by atoms with Crippen molar-refractivity contribution in [3.8, 4) is 0 Å². The average molecular weight is 220 g/mol. The molecule has 1 amide bonds. The maximum atomic E-state index is 11.7. The molecule has 0 saturated heterocycles. The third-order valence-electron chi connectivity index (χ3n) is 4.00. The van der Waals surface area contributed by atoms with Crippen molar-refractivity contribution in [2.75, 3.05) is 5.32 Å². The zero-order valence-electron chi connectivity index (χ0n) is 9.15. The van der Waals surface area contributed by atoms with Gasteiger partial charge < -0.3 is 0 Å². The summed E-state index contributed by atoms with van der Waals surface area (Å²) in [6.07, 6.45) is 7.33. The summed E-state index contributed by atoms with van der Waals surface area (Å²) in [6, 6.07) is 0. The fourth-order valence-electron chi connectivity index (χ4n) is 3.31. The molecular weight excluding hydrogens is 204 g/mol. The van der Waals surface area contributed by atoms with Gasteiger partial charge in [-0.3, -0.25) is 10.1 Å². The molecule has 1 aromatic heterocycles. The highest BCUT2D eigenvalue weighted by molar-refractivity contribution is 5.89. The number of nitrogens with zero attached hydrogens (tertiary/aromatic N) is 2. The minimum atomic E-state index is 0.0642. The van der Waals surface area contributed by atoms with Crippen LogP contribution in [-0.2, 0) is 4.79 Å². The molecule has 3 atom stereocenters. The van der Waals surface area contributed by atoms with Gasteiger partial charge in [-0.1, -0.05) is 6.42 Å².